The zero-order valence-corrected chi connectivity index (χ0v) is 64.7. The molecule has 0 saturated carbocycles. The average Bonchev–Trinajstić information content (AvgIpc) is 1.58. The van der Waals surface area contributed by atoms with Gasteiger partial charge in [-0.15, -0.1) is 0 Å². The number of halogens is 2. The van der Waals surface area contributed by atoms with Gasteiger partial charge >= 0.3 is 29.6 Å². The Morgan fingerprint density at radius 1 is 0.689 bits per heavy atom. The third-order valence-corrected chi connectivity index (χ3v) is 21.1. The number of anilines is 5. The van der Waals surface area contributed by atoms with E-state index in [0.717, 1.165) is 79.2 Å². The summed E-state index contributed by atoms with van der Waals surface area (Å²) in [6.07, 6.45) is 19.4. The van der Waals surface area contributed by atoms with E-state index in [2.05, 4.69) is 137 Å². The second-order valence-electron chi connectivity index (χ2n) is 27.1. The van der Waals surface area contributed by atoms with E-state index in [-0.39, 0.29) is 68.5 Å². The van der Waals surface area contributed by atoms with E-state index >= 15 is 0 Å². The number of unbranched alkanes of at least 4 members (excludes halogenated alkanes) is 2. The van der Waals surface area contributed by atoms with Crippen molar-refractivity contribution in [3.05, 3.63) is 256 Å². The molecule has 10 aromatic rings. The molecule has 106 heavy (non-hydrogen) atoms. The summed E-state index contributed by atoms with van der Waals surface area (Å²) in [5.41, 5.74) is 16.0. The monoisotopic (exact) mass is 1500 g/mol. The first-order chi connectivity index (χ1) is 50.4. The Kier molecular flexibility index (Phi) is 26.8. The second-order valence-corrected chi connectivity index (χ2v) is 30.6. The largest absolute Gasteiger partial charge is 1.00 e. The number of nitrogen functional groups attached to an aromatic ring is 1. The molecule has 546 valence electrons. The predicted octanol–water partition coefficient (Wildman–Crippen LogP) is 14.4. The van der Waals surface area contributed by atoms with Gasteiger partial charge in [-0.3, -0.25) is 15.0 Å². The molecule has 19 nitrogen and oxygen atoms in total. The molecule has 1 fully saturated rings. The van der Waals surface area contributed by atoms with Gasteiger partial charge in [0.2, 0.25) is 5.69 Å². The van der Waals surface area contributed by atoms with E-state index in [1.165, 1.54) is 68.3 Å². The number of nitro benzene ring substituents is 1. The number of allylic oxidation sites excluding steroid dienone is 8. The minimum absolute atomic E-state index is 0. The first-order valence-electron chi connectivity index (χ1n) is 34.9. The number of nitrogens with zero attached hydrogens (tertiary/aromatic N) is 5. The van der Waals surface area contributed by atoms with Crippen molar-refractivity contribution in [1.82, 2.24) is 14.9 Å². The number of nitrogens with two attached hydrogens (primary N) is 1. The van der Waals surface area contributed by atoms with E-state index in [4.69, 9.17) is 31.5 Å². The number of methoxy groups -OCH3 is 1. The van der Waals surface area contributed by atoms with Gasteiger partial charge in [-0.05, 0) is 144 Å². The smallest absolute Gasteiger partial charge is 0.748 e. The first-order valence-corrected chi connectivity index (χ1v) is 38.5. The van der Waals surface area contributed by atoms with Crippen LogP contribution in [0.1, 0.15) is 88.8 Å². The quantitative estimate of drug-likeness (QED) is 0.00701. The van der Waals surface area contributed by atoms with Crippen molar-refractivity contribution in [3.63, 3.8) is 0 Å². The Labute approximate surface area is 645 Å². The number of hydrogen-bond acceptors (Lipinski definition) is 17. The molecule has 0 radical (unpaired) electrons. The third kappa shape index (κ3) is 19.8. The molecule has 1 saturated heterocycles. The topological polar surface area (TPSA) is 267 Å². The van der Waals surface area contributed by atoms with Gasteiger partial charge in [-0.2, -0.15) is 4.58 Å². The van der Waals surface area contributed by atoms with Gasteiger partial charge in [0, 0.05) is 112 Å². The van der Waals surface area contributed by atoms with Crippen LogP contribution in [0.15, 0.2) is 218 Å². The molecule has 1 aliphatic carbocycles. The summed E-state index contributed by atoms with van der Waals surface area (Å²) in [5.74, 6) is 0.859. The maximum absolute atomic E-state index is 13.5. The summed E-state index contributed by atoms with van der Waals surface area (Å²) in [6.45, 7) is 14.7. The number of ether oxygens (including phenoxy) is 3. The number of morpholine rings is 1. The van der Waals surface area contributed by atoms with Crippen LogP contribution in [0.4, 0.5) is 44.3 Å². The zero-order chi connectivity index (χ0) is 74.5. The maximum Gasteiger partial charge on any atom is 1.00 e. The van der Waals surface area contributed by atoms with Crippen LogP contribution < -0.4 is 55.4 Å². The van der Waals surface area contributed by atoms with Crippen molar-refractivity contribution >= 4 is 121 Å². The van der Waals surface area contributed by atoms with E-state index in [9.17, 15) is 40.4 Å². The van der Waals surface area contributed by atoms with Gasteiger partial charge in [-0.25, -0.2) is 31.2 Å². The number of aromatic nitrogens is 2. The fraction of sp³-hybridized carbons (Fsp3) is 0.280. The zero-order valence-electron chi connectivity index (χ0n) is 60.3. The average molecular weight is 1500 g/mol. The predicted molar refractivity (Wildman–Crippen MR) is 417 cm³/mol. The SMILES string of the molecule is CC1(C)C(/C=C/C=C/C=C/C=C2/C(CCCCS(=O)(=O)[O-])c3ccc4ccccc4c3C2(C)C)=[N+](CCCCS(=O)(=O)[O-])c2ccc3ccccc3c21.COc1cc2cccc(Nc3ccc(F)c(Cl)c3)c2cc1OCCCN1CCOCC1.Nc1cccc(Nc2ncnc3ccc([N+](=O)[O-])cc23)c1.[Na+]. The fourth-order valence-electron chi connectivity index (χ4n) is 14.3. The number of fused-ring (bicyclic) bond motifs is 8. The summed E-state index contributed by atoms with van der Waals surface area (Å²) in [5, 5.41) is 24.7. The second kappa shape index (κ2) is 35.7. The van der Waals surface area contributed by atoms with E-state index in [0.29, 0.717) is 78.4 Å². The summed E-state index contributed by atoms with van der Waals surface area (Å²) < 4.78 is 100. The Morgan fingerprint density at radius 3 is 2.07 bits per heavy atom. The summed E-state index contributed by atoms with van der Waals surface area (Å²) >= 11 is 5.93. The third-order valence-electron chi connectivity index (χ3n) is 19.3. The van der Waals surface area contributed by atoms with Crippen molar-refractivity contribution in [3.8, 4) is 11.5 Å². The molecule has 0 spiro atoms. The van der Waals surface area contributed by atoms with E-state index < -0.39 is 31.0 Å². The van der Waals surface area contributed by atoms with Crippen LogP contribution in [-0.4, -0.2) is 121 Å². The fourth-order valence-corrected chi connectivity index (χ4v) is 15.6. The Hall–Kier alpha value is -8.91. The molecule has 13 rings (SSSR count). The van der Waals surface area contributed by atoms with Crippen LogP contribution in [0, 0.1) is 15.9 Å². The summed E-state index contributed by atoms with van der Waals surface area (Å²) in [7, 11) is -6.86. The molecule has 2 aliphatic heterocycles. The molecular formula is C82H85ClFN8NaO11S2. The maximum atomic E-state index is 13.5. The standard InChI is InChI=1S/C44H49NO6S2.C24H26ClFN2O3.C14H11N5O2.Na/c1-43(2)38(36(22-14-16-30-52(46,47)48)37-27-25-32-18-10-12-20-34(32)41(37)43)23-8-6-5-7-9-24-40-44(3,4)42-35-21-13-11-19-33(35)26-28-39(42)45(40)29-15-17-31-53(49,50)51;1-29-23-14-17-4-2-5-22(27-18-6-7-21(26)20(25)15-18)19(17)16-24(23)31-11-3-8-28-9-12-30-13-10-28;15-9-2-1-3-10(6-9)18-14-12-7-11(19(20)21)4-5-13(12)16-8-17-14;/h5-13,18-21,23-28,36H,14-17,22,29-31H2,1-4H3,(H-,46,47,48,49,50,51);2,4-7,14-16,27H,3,8-13H2,1H3;1-8H,15H2,(H,16,17,18);/q;;;+1/p-1/b7-5+,8-6+,24-9+,38-23-;;;. The summed E-state index contributed by atoms with van der Waals surface area (Å²) in [4.78, 5) is 21.1. The van der Waals surface area contributed by atoms with Crippen molar-refractivity contribution in [1.29, 1.82) is 0 Å². The van der Waals surface area contributed by atoms with Crippen LogP contribution in [0.25, 0.3) is 43.2 Å². The molecule has 0 bridgehead atoms. The van der Waals surface area contributed by atoms with Crippen LogP contribution in [0.2, 0.25) is 5.02 Å². The molecule has 0 amide bonds. The molecular weight excluding hydrogens is 1410 g/mol. The number of nitrogens with one attached hydrogen (secondary N) is 2. The molecule has 1 unspecified atom stereocenters. The number of hydrogen-bond donors (Lipinski definition) is 3. The van der Waals surface area contributed by atoms with Crippen LogP contribution in [0.3, 0.4) is 0 Å². The Bertz CT molecular complexity index is 5260. The van der Waals surface area contributed by atoms with Gasteiger partial charge in [0.1, 0.15) is 24.5 Å². The van der Waals surface area contributed by atoms with E-state index in [1.807, 2.05) is 78.9 Å². The van der Waals surface area contributed by atoms with Gasteiger partial charge in [-0.1, -0.05) is 153 Å². The number of benzene rings is 9. The Morgan fingerprint density at radius 2 is 1.36 bits per heavy atom. The van der Waals surface area contributed by atoms with Crippen LogP contribution in [-0.2, 0) is 35.8 Å². The molecule has 24 heteroatoms. The summed E-state index contributed by atoms with van der Waals surface area (Å²) in [6, 6.07) is 51.5. The van der Waals surface area contributed by atoms with E-state index in [1.54, 1.807) is 37.4 Å². The minimum atomic E-state index is -4.26. The van der Waals surface area contributed by atoms with Crippen molar-refractivity contribution in [2.75, 3.05) is 81.0 Å². The molecule has 1 atom stereocenters. The number of rotatable bonds is 25. The van der Waals surface area contributed by atoms with Gasteiger partial charge in [0.15, 0.2) is 17.2 Å². The normalized spacial score (nSPS) is 15.9. The molecule has 3 aliphatic rings. The van der Waals surface area contributed by atoms with Crippen molar-refractivity contribution < 1.29 is 83.6 Å². The van der Waals surface area contributed by atoms with Crippen molar-refractivity contribution in [2.24, 2.45) is 0 Å². The molecule has 9 aromatic carbocycles. The van der Waals surface area contributed by atoms with Crippen LogP contribution in [0.5, 0.6) is 11.5 Å². The van der Waals surface area contributed by atoms with Crippen LogP contribution >= 0.6 is 11.6 Å². The number of nitro groups is 1. The molecule has 3 heterocycles. The van der Waals surface area contributed by atoms with Gasteiger partial charge < -0.3 is 39.7 Å². The molecule has 4 N–H and O–H groups in total. The van der Waals surface area contributed by atoms with Gasteiger partial charge in [0.05, 0.1) is 68.0 Å². The first kappa shape index (κ1) is 79.6. The minimum Gasteiger partial charge on any atom is -0.748 e. The molecule has 1 aromatic heterocycles. The van der Waals surface area contributed by atoms with Gasteiger partial charge in [0.25, 0.3) is 5.69 Å². The van der Waals surface area contributed by atoms with Crippen molar-refractivity contribution in [2.45, 2.75) is 83.0 Å². The number of non-ortho nitro benzene ring substituents is 1. The Balaban J connectivity index is 0.000000190.